The first-order valence-corrected chi connectivity index (χ1v) is 8.50. The van der Waals surface area contributed by atoms with Gasteiger partial charge >= 0.3 is 5.97 Å². The second-order valence-electron chi connectivity index (χ2n) is 4.81. The number of aliphatic hydroxyl groups is 1. The van der Waals surface area contributed by atoms with Gasteiger partial charge in [-0.2, -0.15) is 0 Å². The van der Waals surface area contributed by atoms with Crippen LogP contribution >= 0.6 is 0 Å². The summed E-state index contributed by atoms with van der Waals surface area (Å²) in [4.78, 5) is 10.5. The van der Waals surface area contributed by atoms with E-state index in [9.17, 15) is 4.79 Å². The molecule has 0 atom stereocenters. The van der Waals surface area contributed by atoms with Crippen LogP contribution in [0.15, 0.2) is 128 Å². The fraction of sp³-hybridized carbons (Fsp3) is 0.136. The van der Waals surface area contributed by atoms with Crippen molar-refractivity contribution in [3.05, 3.63) is 111 Å². The van der Waals surface area contributed by atoms with Gasteiger partial charge in [-0.25, -0.2) is 4.79 Å². The van der Waals surface area contributed by atoms with E-state index in [0.717, 1.165) is 0 Å². The zero-order valence-corrected chi connectivity index (χ0v) is 16.3. The lowest BCUT2D eigenvalue weighted by Crippen LogP contribution is -2.08. The van der Waals surface area contributed by atoms with E-state index < -0.39 is 5.97 Å². The Hall–Kier alpha value is -3.71. The zero-order chi connectivity index (χ0) is 21.4. The number of ether oxygens (including phenoxy) is 1. The Morgan fingerprint density at radius 1 is 0.724 bits per heavy atom. The molecule has 4 aromatic heterocycles. The summed E-state index contributed by atoms with van der Waals surface area (Å²) < 4.78 is 22.8. The van der Waals surface area contributed by atoms with Crippen LogP contribution in [0.3, 0.4) is 0 Å². The number of hydrogen-bond donors (Lipinski definition) is 1. The molecule has 4 aromatic rings. The maximum absolute atomic E-state index is 10.5. The molecule has 0 aliphatic heterocycles. The number of furan rings is 4. The first-order valence-electron chi connectivity index (χ1n) is 8.50. The summed E-state index contributed by atoms with van der Waals surface area (Å²) in [5, 5.41) is 8.19. The number of aliphatic hydroxyl groups excluding tert-OH is 1. The largest absolute Gasteiger partial charge is 0.473 e. The minimum atomic E-state index is -0.455. The van der Waals surface area contributed by atoms with Crippen molar-refractivity contribution in [1.82, 2.24) is 0 Å². The van der Waals surface area contributed by atoms with Gasteiger partial charge in [0.25, 0.3) is 0 Å². The highest BCUT2D eigenvalue weighted by Crippen LogP contribution is 1.90. The molecule has 0 aromatic carbocycles. The quantitative estimate of drug-likeness (QED) is 0.371. The SMILES string of the molecule is C=C(C)C(=O)OCCO.c1ccoc1.c1ccoc1.c1ccoc1.c1ccoc1. The number of esters is 1. The van der Waals surface area contributed by atoms with E-state index in [2.05, 4.69) is 29.0 Å². The summed E-state index contributed by atoms with van der Waals surface area (Å²) in [7, 11) is 0. The topological polar surface area (TPSA) is 99.1 Å². The molecule has 29 heavy (non-hydrogen) atoms. The predicted molar refractivity (Wildman–Crippen MR) is 108 cm³/mol. The average Bonchev–Trinajstić information content (AvgIpc) is 3.59. The van der Waals surface area contributed by atoms with Crippen molar-refractivity contribution in [2.45, 2.75) is 6.92 Å². The Bertz CT molecular complexity index is 567. The molecular weight excluding hydrogens is 376 g/mol. The minimum absolute atomic E-state index is 0.0473. The lowest BCUT2D eigenvalue weighted by atomic mass is 10.4. The van der Waals surface area contributed by atoms with E-state index in [4.69, 9.17) is 5.11 Å². The van der Waals surface area contributed by atoms with Crippen molar-refractivity contribution in [1.29, 1.82) is 0 Å². The maximum Gasteiger partial charge on any atom is 0.333 e. The molecule has 0 radical (unpaired) electrons. The summed E-state index contributed by atoms with van der Waals surface area (Å²) >= 11 is 0. The van der Waals surface area contributed by atoms with Crippen LogP contribution in [0.1, 0.15) is 6.92 Å². The van der Waals surface area contributed by atoms with Gasteiger partial charge in [-0.3, -0.25) is 0 Å². The molecule has 7 nitrogen and oxygen atoms in total. The van der Waals surface area contributed by atoms with Crippen LogP contribution in [-0.4, -0.2) is 24.3 Å². The molecule has 0 aliphatic rings. The Morgan fingerprint density at radius 2 is 1.00 bits per heavy atom. The van der Waals surface area contributed by atoms with Crippen LogP contribution < -0.4 is 0 Å². The molecule has 0 aliphatic carbocycles. The highest BCUT2D eigenvalue weighted by molar-refractivity contribution is 5.86. The van der Waals surface area contributed by atoms with Gasteiger partial charge < -0.3 is 27.5 Å². The van der Waals surface area contributed by atoms with Gasteiger partial charge in [-0.15, -0.1) is 0 Å². The third-order valence-corrected chi connectivity index (χ3v) is 2.37. The Morgan fingerprint density at radius 3 is 1.14 bits per heavy atom. The van der Waals surface area contributed by atoms with Gasteiger partial charge in [0, 0.05) is 5.57 Å². The van der Waals surface area contributed by atoms with E-state index in [1.807, 2.05) is 48.5 Å². The van der Waals surface area contributed by atoms with Crippen molar-refractivity contribution in [3.8, 4) is 0 Å². The van der Waals surface area contributed by atoms with Gasteiger partial charge in [-0.1, -0.05) is 6.58 Å². The van der Waals surface area contributed by atoms with Crippen molar-refractivity contribution in [2.75, 3.05) is 13.2 Å². The molecule has 7 heteroatoms. The van der Waals surface area contributed by atoms with Crippen molar-refractivity contribution >= 4 is 5.97 Å². The van der Waals surface area contributed by atoms with Crippen molar-refractivity contribution < 1.29 is 32.3 Å². The second-order valence-corrected chi connectivity index (χ2v) is 4.81. The van der Waals surface area contributed by atoms with E-state index >= 15 is 0 Å². The predicted octanol–water partition coefficient (Wildman–Crippen LogP) is 5.22. The normalized spacial score (nSPS) is 8.21. The number of carbonyl (C=O) groups excluding carboxylic acids is 1. The van der Waals surface area contributed by atoms with Crippen LogP contribution in [0.4, 0.5) is 0 Å². The van der Waals surface area contributed by atoms with E-state index in [-0.39, 0.29) is 13.2 Å². The summed E-state index contributed by atoms with van der Waals surface area (Å²) in [5.74, 6) is -0.455. The molecular formula is C22H26O7. The fourth-order valence-corrected chi connectivity index (χ4v) is 1.17. The first-order chi connectivity index (χ1) is 14.2. The molecule has 0 fully saturated rings. The fourth-order valence-electron chi connectivity index (χ4n) is 1.17. The number of hydrogen-bond acceptors (Lipinski definition) is 7. The van der Waals surface area contributed by atoms with Gasteiger partial charge in [0.1, 0.15) is 6.61 Å². The van der Waals surface area contributed by atoms with Crippen LogP contribution in [0.2, 0.25) is 0 Å². The van der Waals surface area contributed by atoms with Crippen LogP contribution in [0, 0.1) is 0 Å². The van der Waals surface area contributed by atoms with Gasteiger partial charge in [0.15, 0.2) is 0 Å². The molecule has 4 heterocycles. The molecule has 1 N–H and O–H groups in total. The lowest BCUT2D eigenvalue weighted by molar-refractivity contribution is -0.139. The standard InChI is InChI=1S/C6H10O3.4C4H4O/c1-5(2)6(8)9-4-3-7;4*1-2-4-5-3-1/h7H,1,3-4H2,2H3;4*1-4H. The van der Waals surface area contributed by atoms with Crippen LogP contribution in [0.25, 0.3) is 0 Å². The summed E-state index contributed by atoms with van der Waals surface area (Å²) in [5.41, 5.74) is 0.350. The average molecular weight is 402 g/mol. The van der Waals surface area contributed by atoms with Gasteiger partial charge in [-0.05, 0) is 55.5 Å². The Balaban J connectivity index is 0.000000345. The monoisotopic (exact) mass is 402 g/mol. The van der Waals surface area contributed by atoms with Crippen molar-refractivity contribution in [3.63, 3.8) is 0 Å². The third kappa shape index (κ3) is 20.5. The van der Waals surface area contributed by atoms with Gasteiger partial charge in [0.05, 0.1) is 56.7 Å². The second kappa shape index (κ2) is 20.6. The molecule has 0 amide bonds. The summed E-state index contributed by atoms with van der Waals surface area (Å²) in [6.45, 7) is 4.81. The molecule has 4 rings (SSSR count). The highest BCUT2D eigenvalue weighted by Gasteiger charge is 1.99. The molecule has 0 bridgehead atoms. The number of rotatable bonds is 3. The molecule has 156 valence electrons. The molecule has 0 saturated heterocycles. The molecule has 0 spiro atoms. The molecule has 0 saturated carbocycles. The Kier molecular flexibility index (Phi) is 18.0. The van der Waals surface area contributed by atoms with Crippen molar-refractivity contribution in [2.24, 2.45) is 0 Å². The van der Waals surface area contributed by atoms with E-state index in [1.54, 1.807) is 57.0 Å². The van der Waals surface area contributed by atoms with E-state index in [1.165, 1.54) is 0 Å². The van der Waals surface area contributed by atoms with Crippen LogP contribution in [-0.2, 0) is 9.53 Å². The van der Waals surface area contributed by atoms with Crippen LogP contribution in [0.5, 0.6) is 0 Å². The zero-order valence-electron chi connectivity index (χ0n) is 16.3. The van der Waals surface area contributed by atoms with E-state index in [0.29, 0.717) is 5.57 Å². The van der Waals surface area contributed by atoms with Gasteiger partial charge in [0.2, 0.25) is 0 Å². The highest BCUT2D eigenvalue weighted by atomic mass is 16.5. The lowest BCUT2D eigenvalue weighted by Gasteiger charge is -1.99. The summed E-state index contributed by atoms with van der Waals surface area (Å²) in [6.07, 6.45) is 13.0. The smallest absolute Gasteiger partial charge is 0.333 e. The number of carbonyl (C=O) groups is 1. The minimum Gasteiger partial charge on any atom is -0.473 e. The summed E-state index contributed by atoms with van der Waals surface area (Å²) in [6, 6.07) is 14.7. The third-order valence-electron chi connectivity index (χ3n) is 2.37. The maximum atomic E-state index is 10.5. The Labute approximate surface area is 169 Å². The molecule has 0 unspecified atom stereocenters. The first kappa shape index (κ1) is 25.3.